The van der Waals surface area contributed by atoms with Crippen LogP contribution in [0.4, 0.5) is 0 Å². The molecule has 1 aliphatic heterocycles. The molecule has 1 aromatic rings. The zero-order valence-corrected chi connectivity index (χ0v) is 22.7. The van der Waals surface area contributed by atoms with Gasteiger partial charge in [0.15, 0.2) is 0 Å². The topological polar surface area (TPSA) is 58.5 Å². The average molecular weight is 509 g/mol. The van der Waals surface area contributed by atoms with Crippen molar-refractivity contribution in [1.29, 1.82) is 0 Å². The van der Waals surface area contributed by atoms with Gasteiger partial charge in [-0.2, -0.15) is 0 Å². The summed E-state index contributed by atoms with van der Waals surface area (Å²) in [5.74, 6) is 2.40. The maximum Gasteiger partial charge on any atom is 0.224 e. The molecule has 1 N–H and O–H groups in total. The fraction of sp³-hybridized carbons (Fsp3) is 0.710. The Kier molecular flexibility index (Phi) is 6.14. The fourth-order valence-electron chi connectivity index (χ4n) is 9.37. The van der Waals surface area contributed by atoms with Crippen LogP contribution < -0.4 is 5.32 Å². The maximum atomic E-state index is 14.1. The van der Waals surface area contributed by atoms with Gasteiger partial charge in [-0.05, 0) is 85.8 Å². The van der Waals surface area contributed by atoms with Gasteiger partial charge in [-0.1, -0.05) is 56.8 Å². The molecule has 0 bridgehead atoms. The van der Waals surface area contributed by atoms with Gasteiger partial charge in [0, 0.05) is 41.5 Å². The van der Waals surface area contributed by atoms with E-state index in [4.69, 9.17) is 16.6 Å². The van der Waals surface area contributed by atoms with Crippen LogP contribution in [0.3, 0.4) is 0 Å². The predicted molar refractivity (Wildman–Crippen MR) is 144 cm³/mol. The molecule has 4 fully saturated rings. The molecular formula is C31H41ClN2O2. The average Bonchev–Trinajstić information content (AvgIpc) is 3.23. The Bertz CT molecular complexity index is 1070. The number of hydrogen-bond acceptors (Lipinski definition) is 3. The smallest absolute Gasteiger partial charge is 0.224 e. The Morgan fingerprint density at radius 2 is 1.72 bits per heavy atom. The minimum Gasteiger partial charge on any atom is -0.346 e. The lowest BCUT2D eigenvalue weighted by molar-refractivity contribution is -0.134. The van der Waals surface area contributed by atoms with Gasteiger partial charge in [0.2, 0.25) is 5.91 Å². The fourth-order valence-corrected chi connectivity index (χ4v) is 9.49. The lowest BCUT2D eigenvalue weighted by Gasteiger charge is -2.56. The molecular weight excluding hydrogens is 468 g/mol. The molecule has 0 aromatic heterocycles. The third-order valence-electron chi connectivity index (χ3n) is 11.5. The highest BCUT2D eigenvalue weighted by molar-refractivity contribution is 6.30. The molecule has 5 heteroatoms. The van der Waals surface area contributed by atoms with Crippen molar-refractivity contribution in [3.63, 3.8) is 0 Å². The second-order valence-electron chi connectivity index (χ2n) is 13.1. The Balaban J connectivity index is 1.24. The quantitative estimate of drug-likeness (QED) is 0.483. The highest BCUT2D eigenvalue weighted by Crippen LogP contribution is 2.63. The van der Waals surface area contributed by atoms with Gasteiger partial charge >= 0.3 is 0 Å². The van der Waals surface area contributed by atoms with Crippen LogP contribution in [-0.2, 0) is 15.1 Å². The Hall–Kier alpha value is -1.68. The summed E-state index contributed by atoms with van der Waals surface area (Å²) in [5.41, 5.74) is 2.24. The summed E-state index contributed by atoms with van der Waals surface area (Å²) in [7, 11) is 0. The van der Waals surface area contributed by atoms with Crippen LogP contribution in [-0.4, -0.2) is 23.9 Å². The summed E-state index contributed by atoms with van der Waals surface area (Å²) in [6.45, 7) is 5.65. The number of carbonyl (C=O) groups is 2. The first-order valence-corrected chi connectivity index (χ1v) is 14.8. The number of ketones is 1. The van der Waals surface area contributed by atoms with Crippen LogP contribution in [0.1, 0.15) is 96.5 Å². The zero-order valence-electron chi connectivity index (χ0n) is 22.0. The number of amides is 1. The van der Waals surface area contributed by atoms with Gasteiger partial charge in [-0.15, -0.1) is 0 Å². The van der Waals surface area contributed by atoms with Gasteiger partial charge < -0.3 is 5.32 Å². The van der Waals surface area contributed by atoms with Gasteiger partial charge in [0.25, 0.3) is 0 Å². The Morgan fingerprint density at radius 1 is 0.972 bits per heavy atom. The molecule has 4 saturated carbocycles. The second-order valence-corrected chi connectivity index (χ2v) is 13.5. The van der Waals surface area contributed by atoms with Crippen molar-refractivity contribution in [2.75, 3.05) is 6.54 Å². The molecule has 1 aromatic carbocycles. The van der Waals surface area contributed by atoms with Gasteiger partial charge in [-0.3, -0.25) is 14.6 Å². The first-order valence-electron chi connectivity index (χ1n) is 14.4. The molecule has 194 valence electrons. The molecule has 6 rings (SSSR count). The van der Waals surface area contributed by atoms with E-state index in [1.54, 1.807) is 0 Å². The van der Waals surface area contributed by atoms with Crippen molar-refractivity contribution in [1.82, 2.24) is 5.32 Å². The number of carbonyl (C=O) groups excluding carboxylic acids is 2. The van der Waals surface area contributed by atoms with E-state index < -0.39 is 0 Å². The lowest BCUT2D eigenvalue weighted by atomic mass is 9.49. The van der Waals surface area contributed by atoms with E-state index in [-0.39, 0.29) is 28.2 Å². The van der Waals surface area contributed by atoms with E-state index in [9.17, 15) is 9.59 Å². The normalized spacial score (nSPS) is 39.4. The number of nitrogens with one attached hydrogen (secondary N) is 1. The summed E-state index contributed by atoms with van der Waals surface area (Å²) in [4.78, 5) is 31.3. The Morgan fingerprint density at radius 3 is 2.47 bits per heavy atom. The molecule has 4 nitrogen and oxygen atoms in total. The largest absolute Gasteiger partial charge is 0.346 e. The molecule has 5 aliphatic rings. The van der Waals surface area contributed by atoms with Crippen LogP contribution in [0.15, 0.2) is 29.3 Å². The van der Waals surface area contributed by atoms with Crippen LogP contribution in [0.5, 0.6) is 0 Å². The number of aliphatic imine (C=N–C) groups is 1. The van der Waals surface area contributed by atoms with Crippen LogP contribution in [0.2, 0.25) is 5.02 Å². The molecule has 0 radical (unpaired) electrons. The third-order valence-corrected chi connectivity index (χ3v) is 11.7. The highest BCUT2D eigenvalue weighted by atomic mass is 35.5. The predicted octanol–water partition coefficient (Wildman–Crippen LogP) is 6.89. The lowest BCUT2D eigenvalue weighted by Crippen LogP contribution is -2.56. The van der Waals surface area contributed by atoms with Gasteiger partial charge in [0.05, 0.1) is 5.54 Å². The SMILES string of the molecule is C[C@]12CCC(=O)CC1=NCC1C2CC[C@@]2(C)C1CC[C@@H]2C(=O)NC1(c2ccc(Cl)cc2)CCCCC1. The van der Waals surface area contributed by atoms with Crippen molar-refractivity contribution >= 4 is 29.0 Å². The molecule has 0 spiro atoms. The van der Waals surface area contributed by atoms with E-state index in [1.165, 1.54) is 17.7 Å². The summed E-state index contributed by atoms with van der Waals surface area (Å²) in [6, 6.07) is 8.16. The third kappa shape index (κ3) is 3.80. The molecule has 1 heterocycles. The summed E-state index contributed by atoms with van der Waals surface area (Å²) in [6.07, 6.45) is 12.2. The molecule has 3 unspecified atom stereocenters. The number of halogens is 1. The molecule has 36 heavy (non-hydrogen) atoms. The maximum absolute atomic E-state index is 14.1. The molecule has 4 aliphatic carbocycles. The van der Waals surface area contributed by atoms with E-state index in [0.29, 0.717) is 36.4 Å². The van der Waals surface area contributed by atoms with Gasteiger partial charge in [-0.25, -0.2) is 0 Å². The van der Waals surface area contributed by atoms with E-state index in [0.717, 1.165) is 69.4 Å². The van der Waals surface area contributed by atoms with E-state index in [2.05, 4.69) is 31.3 Å². The number of benzene rings is 1. The van der Waals surface area contributed by atoms with Crippen LogP contribution in [0, 0.1) is 34.5 Å². The Labute approximate surface area is 221 Å². The first-order chi connectivity index (χ1) is 17.3. The van der Waals surface area contributed by atoms with Crippen LogP contribution >= 0.6 is 11.6 Å². The first kappa shape index (κ1) is 24.6. The number of rotatable bonds is 3. The highest BCUT2D eigenvalue weighted by Gasteiger charge is 2.60. The number of Topliss-reactive ketones (excluding diaryl/α,β-unsaturated/α-hetero) is 1. The van der Waals surface area contributed by atoms with Crippen molar-refractivity contribution in [2.24, 2.45) is 39.5 Å². The standard InChI is InChI=1S/C31H41ClN2O2/c1-29-17-13-25-23(19-33-27-18-22(35)12-16-30(25,27)2)24(29)10-11-26(29)28(36)34-31(14-4-3-5-15-31)20-6-8-21(32)9-7-20/h6-9,23-26H,3-5,10-19H2,1-2H3,(H,34,36)/t23?,24?,25?,26-,29+,30-/m1/s1. The minimum atomic E-state index is -0.266. The molecule has 6 atom stereocenters. The van der Waals surface area contributed by atoms with Crippen LogP contribution in [0.25, 0.3) is 0 Å². The van der Waals surface area contributed by atoms with Crippen molar-refractivity contribution in [2.45, 2.75) is 96.4 Å². The monoisotopic (exact) mass is 508 g/mol. The minimum absolute atomic E-state index is 0.0367. The summed E-state index contributed by atoms with van der Waals surface area (Å²) >= 11 is 6.20. The number of nitrogens with zero attached hydrogens (tertiary/aromatic N) is 1. The number of fused-ring (bicyclic) bond motifs is 5. The molecule has 1 amide bonds. The summed E-state index contributed by atoms with van der Waals surface area (Å²) in [5, 5.41) is 4.39. The number of hydrogen-bond donors (Lipinski definition) is 1. The van der Waals surface area contributed by atoms with E-state index >= 15 is 0 Å². The van der Waals surface area contributed by atoms with E-state index in [1.807, 2.05) is 12.1 Å². The van der Waals surface area contributed by atoms with Crippen molar-refractivity contribution in [3.8, 4) is 0 Å². The molecule has 0 saturated heterocycles. The zero-order chi connectivity index (χ0) is 25.1. The van der Waals surface area contributed by atoms with Gasteiger partial charge in [0.1, 0.15) is 5.78 Å². The second kappa shape index (κ2) is 8.96. The van der Waals surface area contributed by atoms with Crippen molar-refractivity contribution < 1.29 is 9.59 Å². The van der Waals surface area contributed by atoms with Crippen molar-refractivity contribution in [3.05, 3.63) is 34.9 Å². The summed E-state index contributed by atoms with van der Waals surface area (Å²) < 4.78 is 0.